The quantitative estimate of drug-likeness (QED) is 0.756. The van der Waals surface area contributed by atoms with Crippen molar-refractivity contribution in [2.75, 3.05) is 13.2 Å². The van der Waals surface area contributed by atoms with Crippen LogP contribution in [0.4, 0.5) is 0 Å². The first-order valence-corrected chi connectivity index (χ1v) is 9.20. The van der Waals surface area contributed by atoms with E-state index in [9.17, 15) is 14.4 Å². The maximum Gasteiger partial charge on any atom is 0.328 e. The molecule has 2 atom stereocenters. The molecule has 1 aliphatic heterocycles. The minimum atomic E-state index is -0.831. The Morgan fingerprint density at radius 3 is 2.60 bits per heavy atom. The van der Waals surface area contributed by atoms with Gasteiger partial charge in [0.2, 0.25) is 0 Å². The van der Waals surface area contributed by atoms with E-state index in [1.165, 1.54) is 6.92 Å². The van der Waals surface area contributed by atoms with Gasteiger partial charge in [0.15, 0.2) is 6.61 Å². The summed E-state index contributed by atoms with van der Waals surface area (Å²) in [7, 11) is 0. The van der Waals surface area contributed by atoms with Gasteiger partial charge < -0.3 is 15.0 Å². The molecule has 25 heavy (non-hydrogen) atoms. The number of amides is 2. The second kappa shape index (κ2) is 8.99. The van der Waals surface area contributed by atoms with E-state index >= 15 is 0 Å². The van der Waals surface area contributed by atoms with Gasteiger partial charge in [-0.15, -0.1) is 0 Å². The number of nitrogens with one attached hydrogen (secondary N) is 1. The molecule has 0 unspecified atom stereocenters. The number of esters is 1. The van der Waals surface area contributed by atoms with E-state index in [1.807, 2.05) is 6.92 Å². The van der Waals surface area contributed by atoms with Gasteiger partial charge >= 0.3 is 5.97 Å². The Morgan fingerprint density at radius 1 is 1.28 bits per heavy atom. The summed E-state index contributed by atoms with van der Waals surface area (Å²) < 4.78 is 5.93. The summed E-state index contributed by atoms with van der Waals surface area (Å²) in [4.78, 5) is 38.0. The Kier molecular flexibility index (Phi) is 6.99. The third-order valence-electron chi connectivity index (χ3n) is 4.27. The number of nitrogens with zero attached hydrogens (tertiary/aromatic N) is 1. The summed E-state index contributed by atoms with van der Waals surface area (Å²) in [5.41, 5.74) is 0.445. The largest absolute Gasteiger partial charge is 0.454 e. The second-order valence-electron chi connectivity index (χ2n) is 6.24. The van der Waals surface area contributed by atoms with E-state index in [0.717, 1.165) is 23.7 Å². The Labute approximate surface area is 156 Å². The highest BCUT2D eigenvalue weighted by Gasteiger charge is 2.25. The molecule has 6 nitrogen and oxygen atoms in total. The molecule has 0 spiro atoms. The molecule has 0 aromatic heterocycles. The van der Waals surface area contributed by atoms with Crippen LogP contribution in [0, 0.1) is 0 Å². The van der Waals surface area contributed by atoms with E-state index < -0.39 is 12.0 Å². The lowest BCUT2D eigenvalue weighted by Crippen LogP contribution is -2.45. The zero-order chi connectivity index (χ0) is 18.4. The van der Waals surface area contributed by atoms with Crippen molar-refractivity contribution in [1.29, 1.82) is 0 Å². The van der Waals surface area contributed by atoms with Crippen LogP contribution in [-0.4, -0.2) is 47.9 Å². The minimum Gasteiger partial charge on any atom is -0.454 e. The number of likely N-dealkylation sites (tertiary alicyclic amines) is 1. The van der Waals surface area contributed by atoms with E-state index in [2.05, 4.69) is 21.2 Å². The predicted octanol–water partition coefficient (Wildman–Crippen LogP) is 2.51. The van der Waals surface area contributed by atoms with Gasteiger partial charge in [-0.05, 0) is 57.4 Å². The zero-order valence-corrected chi connectivity index (χ0v) is 16.0. The van der Waals surface area contributed by atoms with Crippen LogP contribution in [0.2, 0.25) is 0 Å². The molecular weight excluding hydrogens is 388 g/mol. The van der Waals surface area contributed by atoms with Crippen LogP contribution >= 0.6 is 15.9 Å². The van der Waals surface area contributed by atoms with Gasteiger partial charge in [0.25, 0.3) is 11.8 Å². The van der Waals surface area contributed by atoms with Crippen LogP contribution in [-0.2, 0) is 14.3 Å². The average molecular weight is 411 g/mol. The van der Waals surface area contributed by atoms with Crippen LogP contribution in [0.3, 0.4) is 0 Å². The van der Waals surface area contributed by atoms with E-state index in [4.69, 9.17) is 4.74 Å². The fourth-order valence-corrected chi connectivity index (χ4v) is 3.01. The molecule has 1 aromatic rings. The lowest BCUT2D eigenvalue weighted by atomic mass is 10.0. The van der Waals surface area contributed by atoms with Crippen LogP contribution in [0.5, 0.6) is 0 Å². The molecule has 2 amide bonds. The molecule has 0 radical (unpaired) electrons. The van der Waals surface area contributed by atoms with Crippen molar-refractivity contribution in [3.05, 3.63) is 34.3 Å². The Hall–Kier alpha value is -1.89. The van der Waals surface area contributed by atoms with E-state index in [0.29, 0.717) is 12.1 Å². The third-order valence-corrected chi connectivity index (χ3v) is 4.80. The van der Waals surface area contributed by atoms with Crippen molar-refractivity contribution >= 4 is 33.7 Å². The monoisotopic (exact) mass is 410 g/mol. The predicted molar refractivity (Wildman–Crippen MR) is 97.1 cm³/mol. The SMILES string of the molecule is C[C@H](NC(=O)c1ccc(Br)cc1)C(=O)OCC(=O)N1CCCC[C@H]1C. The first-order valence-electron chi connectivity index (χ1n) is 8.41. The van der Waals surface area contributed by atoms with E-state index in [-0.39, 0.29) is 24.5 Å². The van der Waals surface area contributed by atoms with Gasteiger partial charge in [-0.3, -0.25) is 9.59 Å². The molecule has 1 heterocycles. The average Bonchev–Trinajstić information content (AvgIpc) is 2.60. The number of rotatable bonds is 5. The van der Waals surface area contributed by atoms with Gasteiger partial charge in [0.1, 0.15) is 6.04 Å². The number of piperidine rings is 1. The summed E-state index contributed by atoms with van der Waals surface area (Å²) in [6, 6.07) is 6.14. The topological polar surface area (TPSA) is 75.7 Å². The molecular formula is C18H23BrN2O4. The first kappa shape index (κ1) is 19.4. The van der Waals surface area contributed by atoms with Crippen LogP contribution in [0.1, 0.15) is 43.5 Å². The highest BCUT2D eigenvalue weighted by molar-refractivity contribution is 9.10. The summed E-state index contributed by atoms with van der Waals surface area (Å²) in [6.45, 7) is 3.95. The Morgan fingerprint density at radius 2 is 1.96 bits per heavy atom. The number of ether oxygens (including phenoxy) is 1. The van der Waals surface area contributed by atoms with Crippen LogP contribution in [0.25, 0.3) is 0 Å². The second-order valence-corrected chi connectivity index (χ2v) is 7.16. The molecule has 7 heteroatoms. The van der Waals surface area contributed by atoms with Crippen LogP contribution in [0.15, 0.2) is 28.7 Å². The number of carbonyl (C=O) groups is 3. The highest BCUT2D eigenvalue weighted by Crippen LogP contribution is 2.16. The zero-order valence-electron chi connectivity index (χ0n) is 14.5. The van der Waals surface area contributed by atoms with Crippen molar-refractivity contribution in [3.8, 4) is 0 Å². The summed E-state index contributed by atoms with van der Waals surface area (Å²) in [5.74, 6) is -1.18. The maximum absolute atomic E-state index is 12.2. The molecule has 1 aliphatic rings. The van der Waals surface area contributed by atoms with Crippen molar-refractivity contribution in [2.45, 2.75) is 45.2 Å². The summed E-state index contributed by atoms with van der Waals surface area (Å²) in [6.07, 6.45) is 3.06. The molecule has 2 rings (SSSR count). The molecule has 0 bridgehead atoms. The van der Waals surface area contributed by atoms with Crippen molar-refractivity contribution in [2.24, 2.45) is 0 Å². The van der Waals surface area contributed by atoms with Gasteiger partial charge in [-0.1, -0.05) is 15.9 Å². The Balaban J connectivity index is 1.80. The standard InChI is InChI=1S/C18H23BrN2O4/c1-12-5-3-4-10-21(12)16(22)11-25-18(24)13(2)20-17(23)14-6-8-15(19)9-7-14/h6-9,12-13H,3-5,10-11H2,1-2H3,(H,20,23)/t12-,13+/m1/s1. The lowest BCUT2D eigenvalue weighted by Gasteiger charge is -2.33. The molecule has 1 aromatic carbocycles. The fraction of sp³-hybridized carbons (Fsp3) is 0.500. The first-order chi connectivity index (χ1) is 11.9. The third kappa shape index (κ3) is 5.56. The number of hydrogen-bond acceptors (Lipinski definition) is 4. The van der Waals surface area contributed by atoms with Crippen molar-refractivity contribution in [3.63, 3.8) is 0 Å². The molecule has 0 aliphatic carbocycles. The van der Waals surface area contributed by atoms with Gasteiger partial charge in [0.05, 0.1) is 0 Å². The fourth-order valence-electron chi connectivity index (χ4n) is 2.75. The maximum atomic E-state index is 12.2. The van der Waals surface area contributed by atoms with Gasteiger partial charge in [-0.2, -0.15) is 0 Å². The molecule has 1 saturated heterocycles. The smallest absolute Gasteiger partial charge is 0.328 e. The van der Waals surface area contributed by atoms with Crippen molar-refractivity contribution in [1.82, 2.24) is 10.2 Å². The highest BCUT2D eigenvalue weighted by atomic mass is 79.9. The van der Waals surface area contributed by atoms with Crippen molar-refractivity contribution < 1.29 is 19.1 Å². The molecule has 0 saturated carbocycles. The van der Waals surface area contributed by atoms with E-state index in [1.54, 1.807) is 29.2 Å². The lowest BCUT2D eigenvalue weighted by molar-refractivity contribution is -0.154. The number of hydrogen-bond donors (Lipinski definition) is 1. The normalized spacial score (nSPS) is 18.4. The number of carbonyl (C=O) groups excluding carboxylic acids is 3. The molecule has 136 valence electrons. The number of halogens is 1. The van der Waals surface area contributed by atoms with Gasteiger partial charge in [0, 0.05) is 22.6 Å². The number of benzene rings is 1. The Bertz CT molecular complexity index is 632. The molecule has 1 fully saturated rings. The summed E-state index contributed by atoms with van der Waals surface area (Å²) in [5, 5.41) is 2.57. The van der Waals surface area contributed by atoms with Crippen LogP contribution < -0.4 is 5.32 Å². The summed E-state index contributed by atoms with van der Waals surface area (Å²) >= 11 is 3.30. The molecule has 1 N–H and O–H groups in total. The van der Waals surface area contributed by atoms with Gasteiger partial charge in [-0.25, -0.2) is 4.79 Å². The minimum absolute atomic E-state index is 0.175.